The van der Waals surface area contributed by atoms with Gasteiger partial charge in [0.05, 0.1) is 25.4 Å². The van der Waals surface area contributed by atoms with Crippen molar-refractivity contribution in [1.29, 1.82) is 0 Å². The predicted octanol–water partition coefficient (Wildman–Crippen LogP) is 6.44. The van der Waals surface area contributed by atoms with E-state index in [1.165, 1.54) is 109 Å². The van der Waals surface area contributed by atoms with Gasteiger partial charge in [-0.15, -0.1) is 0 Å². The maximum atomic E-state index is 12.8. The SMILES string of the molecule is CCCCCCCCCCCCCCCCC[C@@H](O)[C@H](CO[C@@H]1O[C@H](CO)[C@@H](O)C(O)C1O)NC(=O)CCCCCCCCCC. The Kier molecular flexibility index (Phi) is 27.4. The second-order valence-electron chi connectivity index (χ2n) is 13.7. The molecule has 274 valence electrons. The van der Waals surface area contributed by atoms with Crippen LogP contribution in [0, 0.1) is 0 Å². The summed E-state index contributed by atoms with van der Waals surface area (Å²) in [4.78, 5) is 12.8. The molecule has 7 atom stereocenters. The third-order valence-electron chi connectivity index (χ3n) is 9.46. The van der Waals surface area contributed by atoms with E-state index in [1.807, 2.05) is 0 Å². The minimum absolute atomic E-state index is 0.133. The van der Waals surface area contributed by atoms with Crippen molar-refractivity contribution in [3.05, 3.63) is 0 Å². The fourth-order valence-electron chi connectivity index (χ4n) is 6.28. The van der Waals surface area contributed by atoms with Crippen LogP contribution in [-0.2, 0) is 14.3 Å². The summed E-state index contributed by atoms with van der Waals surface area (Å²) in [5.74, 6) is -0.149. The number of nitrogens with one attached hydrogen (secondary N) is 1. The molecule has 0 spiro atoms. The first-order valence-corrected chi connectivity index (χ1v) is 19.2. The Morgan fingerprint density at radius 3 is 1.54 bits per heavy atom. The van der Waals surface area contributed by atoms with Crippen LogP contribution in [0.4, 0.5) is 0 Å². The van der Waals surface area contributed by atoms with Crippen LogP contribution in [0.2, 0.25) is 0 Å². The monoisotopic (exact) mass is 660 g/mol. The maximum absolute atomic E-state index is 12.8. The normalized spacial score (nSPS) is 23.0. The number of hydrogen-bond donors (Lipinski definition) is 6. The van der Waals surface area contributed by atoms with Gasteiger partial charge in [-0.3, -0.25) is 4.79 Å². The van der Waals surface area contributed by atoms with E-state index in [9.17, 15) is 30.3 Å². The molecule has 6 N–H and O–H groups in total. The van der Waals surface area contributed by atoms with Gasteiger partial charge >= 0.3 is 0 Å². The van der Waals surface area contributed by atoms with E-state index >= 15 is 0 Å². The van der Waals surface area contributed by atoms with Crippen LogP contribution in [0.15, 0.2) is 0 Å². The molecule has 9 nitrogen and oxygen atoms in total. The zero-order valence-electron chi connectivity index (χ0n) is 29.6. The standard InChI is InChI=1S/C37H73NO8/c1-3-5-7-9-11-13-14-15-16-17-18-19-20-22-24-26-31(40)30(38-33(41)27-25-23-21-12-10-8-6-4-2)29-45-37-36(44)35(43)34(42)32(28-39)46-37/h30-32,34-37,39-40,42-44H,3-29H2,1-2H3,(H,38,41)/t30-,31+,32+,34+,35?,36?,37+/m0/s1. The van der Waals surface area contributed by atoms with E-state index in [0.29, 0.717) is 12.8 Å². The molecule has 0 aromatic heterocycles. The molecule has 0 bridgehead atoms. The van der Waals surface area contributed by atoms with Gasteiger partial charge in [0.1, 0.15) is 24.4 Å². The molecule has 0 aromatic carbocycles. The van der Waals surface area contributed by atoms with Gasteiger partial charge in [0.2, 0.25) is 5.91 Å². The molecular formula is C37H73NO8. The summed E-state index contributed by atoms with van der Waals surface area (Å²) in [6.45, 7) is 3.78. The Bertz CT molecular complexity index is 696. The highest BCUT2D eigenvalue weighted by Crippen LogP contribution is 2.23. The molecule has 1 saturated heterocycles. The van der Waals surface area contributed by atoms with E-state index in [1.54, 1.807) is 0 Å². The molecule has 0 aromatic rings. The average molecular weight is 660 g/mol. The zero-order valence-corrected chi connectivity index (χ0v) is 29.6. The van der Waals surface area contributed by atoms with Crippen LogP contribution in [0.1, 0.15) is 174 Å². The summed E-state index contributed by atoms with van der Waals surface area (Å²) in [5, 5.41) is 53.9. The lowest BCUT2D eigenvalue weighted by atomic mass is 9.99. The number of aliphatic hydroxyl groups excluding tert-OH is 5. The summed E-state index contributed by atoms with van der Waals surface area (Å²) < 4.78 is 11.2. The first kappa shape index (κ1) is 43.2. The molecule has 2 unspecified atom stereocenters. The molecule has 1 fully saturated rings. The quantitative estimate of drug-likeness (QED) is 0.0466. The van der Waals surface area contributed by atoms with Crippen molar-refractivity contribution in [2.75, 3.05) is 13.2 Å². The number of unbranched alkanes of at least 4 members (excludes halogenated alkanes) is 21. The molecule has 46 heavy (non-hydrogen) atoms. The molecule has 1 amide bonds. The summed E-state index contributed by atoms with van der Waals surface area (Å²) >= 11 is 0. The third kappa shape index (κ3) is 20.5. The Morgan fingerprint density at radius 1 is 0.652 bits per heavy atom. The third-order valence-corrected chi connectivity index (χ3v) is 9.46. The van der Waals surface area contributed by atoms with E-state index in [-0.39, 0.29) is 12.5 Å². The van der Waals surface area contributed by atoms with Crippen LogP contribution < -0.4 is 5.32 Å². The highest BCUT2D eigenvalue weighted by molar-refractivity contribution is 5.76. The average Bonchev–Trinajstić information content (AvgIpc) is 3.05. The zero-order chi connectivity index (χ0) is 33.8. The Hall–Kier alpha value is -0.810. The van der Waals surface area contributed by atoms with Crippen molar-refractivity contribution < 1.29 is 39.8 Å². The van der Waals surface area contributed by atoms with Crippen LogP contribution in [0.5, 0.6) is 0 Å². The fourth-order valence-corrected chi connectivity index (χ4v) is 6.28. The van der Waals surface area contributed by atoms with Crippen LogP contribution in [-0.4, -0.2) is 87.5 Å². The number of carbonyl (C=O) groups excluding carboxylic acids is 1. The minimum Gasteiger partial charge on any atom is -0.394 e. The van der Waals surface area contributed by atoms with E-state index in [0.717, 1.165) is 38.5 Å². The highest BCUT2D eigenvalue weighted by Gasteiger charge is 2.44. The van der Waals surface area contributed by atoms with Gasteiger partial charge in [-0.25, -0.2) is 0 Å². The lowest BCUT2D eigenvalue weighted by molar-refractivity contribution is -0.302. The molecule has 1 rings (SSSR count). The van der Waals surface area contributed by atoms with E-state index in [2.05, 4.69) is 19.2 Å². The van der Waals surface area contributed by atoms with Crippen molar-refractivity contribution in [3.8, 4) is 0 Å². The van der Waals surface area contributed by atoms with Gasteiger partial charge in [-0.1, -0.05) is 155 Å². The number of rotatable bonds is 31. The summed E-state index contributed by atoms with van der Waals surface area (Å²) in [7, 11) is 0. The first-order valence-electron chi connectivity index (χ1n) is 19.2. The smallest absolute Gasteiger partial charge is 0.220 e. The molecule has 1 aliphatic rings. The molecule has 9 heteroatoms. The minimum atomic E-state index is -1.55. The lowest BCUT2D eigenvalue weighted by Gasteiger charge is -2.40. The molecule has 0 aliphatic carbocycles. The molecular weight excluding hydrogens is 586 g/mol. The number of hydrogen-bond acceptors (Lipinski definition) is 8. The predicted molar refractivity (Wildman–Crippen MR) is 184 cm³/mol. The van der Waals surface area contributed by atoms with Crippen molar-refractivity contribution in [2.45, 2.75) is 217 Å². The van der Waals surface area contributed by atoms with Gasteiger partial charge in [-0.05, 0) is 12.8 Å². The summed E-state index contributed by atoms with van der Waals surface area (Å²) in [5.41, 5.74) is 0. The van der Waals surface area contributed by atoms with Gasteiger partial charge in [0.15, 0.2) is 6.29 Å². The van der Waals surface area contributed by atoms with Crippen LogP contribution in [0.25, 0.3) is 0 Å². The highest BCUT2D eigenvalue weighted by atomic mass is 16.7. The summed E-state index contributed by atoms with van der Waals surface area (Å²) in [6.07, 6.45) is 21.2. The molecule has 1 heterocycles. The topological polar surface area (TPSA) is 149 Å². The molecule has 0 saturated carbocycles. The maximum Gasteiger partial charge on any atom is 0.220 e. The Morgan fingerprint density at radius 2 is 1.09 bits per heavy atom. The van der Waals surface area contributed by atoms with Gasteiger partial charge in [0, 0.05) is 6.42 Å². The number of carbonyl (C=O) groups is 1. The lowest BCUT2D eigenvalue weighted by Crippen LogP contribution is -2.60. The van der Waals surface area contributed by atoms with Gasteiger partial charge in [0.25, 0.3) is 0 Å². The number of aliphatic hydroxyl groups is 5. The van der Waals surface area contributed by atoms with Gasteiger partial charge < -0.3 is 40.3 Å². The second kappa shape index (κ2) is 29.1. The molecule has 0 radical (unpaired) electrons. The number of amides is 1. The fraction of sp³-hybridized carbons (Fsp3) is 0.973. The summed E-state index contributed by atoms with van der Waals surface area (Å²) in [6, 6.07) is -0.708. The molecule has 1 aliphatic heterocycles. The van der Waals surface area contributed by atoms with Crippen molar-refractivity contribution >= 4 is 5.91 Å². The number of ether oxygens (including phenoxy) is 2. The van der Waals surface area contributed by atoms with E-state index in [4.69, 9.17) is 9.47 Å². The van der Waals surface area contributed by atoms with Crippen LogP contribution >= 0.6 is 0 Å². The van der Waals surface area contributed by atoms with Crippen molar-refractivity contribution in [1.82, 2.24) is 5.32 Å². The van der Waals surface area contributed by atoms with Crippen LogP contribution in [0.3, 0.4) is 0 Å². The second-order valence-corrected chi connectivity index (χ2v) is 13.7. The largest absolute Gasteiger partial charge is 0.394 e. The van der Waals surface area contributed by atoms with Gasteiger partial charge in [-0.2, -0.15) is 0 Å². The Balaban J connectivity index is 2.39. The van der Waals surface area contributed by atoms with E-state index < -0.39 is 49.5 Å². The van der Waals surface area contributed by atoms with Crippen molar-refractivity contribution in [2.24, 2.45) is 0 Å². The first-order chi connectivity index (χ1) is 22.3. The van der Waals surface area contributed by atoms with Crippen molar-refractivity contribution in [3.63, 3.8) is 0 Å². The Labute approximate surface area is 281 Å².